The molecule has 0 heterocycles. The zero-order chi connectivity index (χ0) is 17.1. The summed E-state index contributed by atoms with van der Waals surface area (Å²) in [5, 5.41) is 15.1. The van der Waals surface area contributed by atoms with Crippen LogP contribution in [-0.4, -0.2) is 30.8 Å². The lowest BCUT2D eigenvalue weighted by molar-refractivity contribution is -0.122. The van der Waals surface area contributed by atoms with Crippen molar-refractivity contribution in [1.29, 1.82) is 0 Å². The van der Waals surface area contributed by atoms with Gasteiger partial charge in [0.15, 0.2) is 0 Å². The van der Waals surface area contributed by atoms with Crippen LogP contribution in [0.15, 0.2) is 36.4 Å². The first-order chi connectivity index (χ1) is 11.6. The van der Waals surface area contributed by atoms with E-state index in [-0.39, 0.29) is 23.8 Å². The second-order valence-corrected chi connectivity index (χ2v) is 6.70. The highest BCUT2D eigenvalue weighted by Gasteiger charge is 2.26. The number of hydrogen-bond donors (Lipinski definition) is 2. The minimum Gasteiger partial charge on any atom is -0.497 e. The minimum absolute atomic E-state index is 0.0157. The Balaban J connectivity index is 1.68. The van der Waals surface area contributed by atoms with E-state index in [9.17, 15) is 9.90 Å². The first-order valence-corrected chi connectivity index (χ1v) is 8.62. The minimum atomic E-state index is -0.267. The lowest BCUT2D eigenvalue weighted by atomic mass is 9.96. The molecule has 3 rings (SSSR count). The van der Waals surface area contributed by atoms with Crippen LogP contribution in [0.3, 0.4) is 0 Å². The number of methoxy groups -OCH3 is 1. The summed E-state index contributed by atoms with van der Waals surface area (Å²) in [5.74, 6) is 0.832. The van der Waals surface area contributed by atoms with Gasteiger partial charge in [-0.3, -0.25) is 4.79 Å². The van der Waals surface area contributed by atoms with Crippen LogP contribution in [0, 0.1) is 5.92 Å². The van der Waals surface area contributed by atoms with Crippen LogP contribution >= 0.6 is 0 Å². The molecular formula is C20H25NO3. The van der Waals surface area contributed by atoms with Gasteiger partial charge in [0.25, 0.3) is 0 Å². The maximum absolute atomic E-state index is 12.4. The van der Waals surface area contributed by atoms with Crippen molar-refractivity contribution in [2.75, 3.05) is 13.7 Å². The molecular weight excluding hydrogens is 302 g/mol. The smallest absolute Gasteiger partial charge is 0.227 e. The number of benzene rings is 2. The number of nitrogens with one attached hydrogen (secondary N) is 1. The Hall–Kier alpha value is -2.07. The van der Waals surface area contributed by atoms with Crippen molar-refractivity contribution in [3.63, 3.8) is 0 Å². The van der Waals surface area contributed by atoms with Crippen LogP contribution < -0.4 is 10.1 Å². The Labute approximate surface area is 142 Å². The van der Waals surface area contributed by atoms with Crippen LogP contribution in [-0.2, 0) is 4.79 Å². The summed E-state index contributed by atoms with van der Waals surface area (Å²) in [7, 11) is 1.66. The molecule has 4 heteroatoms. The largest absolute Gasteiger partial charge is 0.497 e. The average molecular weight is 327 g/mol. The number of carbonyl (C=O) groups is 1. The molecule has 4 nitrogen and oxygen atoms in total. The van der Waals surface area contributed by atoms with Crippen LogP contribution in [0.5, 0.6) is 5.75 Å². The van der Waals surface area contributed by atoms with Crippen molar-refractivity contribution in [2.45, 2.75) is 38.2 Å². The number of aliphatic hydroxyl groups is 1. The summed E-state index contributed by atoms with van der Waals surface area (Å²) in [6, 6.07) is 12.0. The molecule has 2 unspecified atom stereocenters. The molecule has 0 aliphatic heterocycles. The van der Waals surface area contributed by atoms with E-state index in [0.717, 1.165) is 41.3 Å². The van der Waals surface area contributed by atoms with E-state index in [0.29, 0.717) is 6.54 Å². The molecule has 0 aromatic heterocycles. The molecule has 0 spiro atoms. The lowest BCUT2D eigenvalue weighted by Crippen LogP contribution is -2.34. The Morgan fingerprint density at radius 2 is 2.00 bits per heavy atom. The van der Waals surface area contributed by atoms with Crippen LogP contribution in [0.2, 0.25) is 0 Å². The van der Waals surface area contributed by atoms with Gasteiger partial charge in [-0.1, -0.05) is 30.7 Å². The molecule has 2 N–H and O–H groups in total. The van der Waals surface area contributed by atoms with Gasteiger partial charge in [0.1, 0.15) is 5.75 Å². The zero-order valence-corrected chi connectivity index (χ0v) is 14.3. The van der Waals surface area contributed by atoms with E-state index in [2.05, 4.69) is 11.4 Å². The molecule has 3 atom stereocenters. The Morgan fingerprint density at radius 3 is 2.71 bits per heavy atom. The molecule has 0 bridgehead atoms. The van der Waals surface area contributed by atoms with Gasteiger partial charge >= 0.3 is 0 Å². The fourth-order valence-corrected chi connectivity index (χ4v) is 3.43. The molecule has 1 saturated carbocycles. The summed E-state index contributed by atoms with van der Waals surface area (Å²) < 4.78 is 5.24. The third kappa shape index (κ3) is 3.54. The second kappa shape index (κ2) is 7.22. The standard InChI is InChI=1S/C20H25NO3/c1-13(20(23)21-12-17-4-3-5-19(17)22)14-6-7-16-11-18(24-2)9-8-15(16)10-14/h6-11,13,17,19,22H,3-5,12H2,1-2H3,(H,21,23)/t13-,17?,19?/m0/s1. The van der Waals surface area contributed by atoms with Gasteiger partial charge in [-0.05, 0) is 48.2 Å². The Morgan fingerprint density at radius 1 is 1.25 bits per heavy atom. The SMILES string of the molecule is COc1ccc2cc([C@H](C)C(=O)NCC3CCCC3O)ccc2c1. The van der Waals surface area contributed by atoms with Crippen molar-refractivity contribution >= 4 is 16.7 Å². The van der Waals surface area contributed by atoms with E-state index in [1.54, 1.807) is 7.11 Å². The van der Waals surface area contributed by atoms with Gasteiger partial charge < -0.3 is 15.2 Å². The van der Waals surface area contributed by atoms with E-state index < -0.39 is 0 Å². The highest BCUT2D eigenvalue weighted by Crippen LogP contribution is 2.27. The molecule has 0 saturated heterocycles. The summed E-state index contributed by atoms with van der Waals surface area (Å²) >= 11 is 0. The monoisotopic (exact) mass is 327 g/mol. The first-order valence-electron chi connectivity index (χ1n) is 8.62. The van der Waals surface area contributed by atoms with Crippen LogP contribution in [0.25, 0.3) is 10.8 Å². The highest BCUT2D eigenvalue weighted by molar-refractivity contribution is 5.88. The number of ether oxygens (including phenoxy) is 1. The van der Waals surface area contributed by atoms with Gasteiger partial charge in [0, 0.05) is 12.5 Å². The van der Waals surface area contributed by atoms with E-state index in [1.165, 1.54) is 0 Å². The van der Waals surface area contributed by atoms with Gasteiger partial charge in [0.05, 0.1) is 19.1 Å². The van der Waals surface area contributed by atoms with E-state index >= 15 is 0 Å². The number of aliphatic hydroxyl groups excluding tert-OH is 1. The van der Waals surface area contributed by atoms with Crippen molar-refractivity contribution in [1.82, 2.24) is 5.32 Å². The van der Waals surface area contributed by atoms with Crippen molar-refractivity contribution in [2.24, 2.45) is 5.92 Å². The van der Waals surface area contributed by atoms with Crippen molar-refractivity contribution < 1.29 is 14.6 Å². The van der Waals surface area contributed by atoms with Gasteiger partial charge in [-0.2, -0.15) is 0 Å². The lowest BCUT2D eigenvalue weighted by Gasteiger charge is -2.18. The average Bonchev–Trinajstić information content (AvgIpc) is 3.03. The van der Waals surface area contributed by atoms with Gasteiger partial charge in [0.2, 0.25) is 5.91 Å². The van der Waals surface area contributed by atoms with Crippen LogP contribution in [0.1, 0.15) is 37.7 Å². The molecule has 128 valence electrons. The molecule has 1 aliphatic rings. The quantitative estimate of drug-likeness (QED) is 0.886. The fourth-order valence-electron chi connectivity index (χ4n) is 3.43. The van der Waals surface area contributed by atoms with E-state index in [1.807, 2.05) is 37.3 Å². The third-order valence-electron chi connectivity index (χ3n) is 5.12. The predicted molar refractivity (Wildman–Crippen MR) is 95.3 cm³/mol. The fraction of sp³-hybridized carbons (Fsp3) is 0.450. The number of fused-ring (bicyclic) bond motifs is 1. The van der Waals surface area contributed by atoms with Crippen molar-refractivity contribution in [3.05, 3.63) is 42.0 Å². The second-order valence-electron chi connectivity index (χ2n) is 6.70. The Bertz CT molecular complexity index is 728. The molecule has 2 aromatic rings. The number of amides is 1. The summed E-state index contributed by atoms with van der Waals surface area (Å²) in [6.07, 6.45) is 2.62. The van der Waals surface area contributed by atoms with E-state index in [4.69, 9.17) is 4.74 Å². The summed E-state index contributed by atoms with van der Waals surface area (Å²) in [6.45, 7) is 2.49. The molecule has 1 aliphatic carbocycles. The Kier molecular flexibility index (Phi) is 5.05. The molecule has 1 amide bonds. The summed E-state index contributed by atoms with van der Waals surface area (Å²) in [4.78, 5) is 12.4. The topological polar surface area (TPSA) is 58.6 Å². The first kappa shape index (κ1) is 16.8. The molecule has 24 heavy (non-hydrogen) atoms. The van der Waals surface area contributed by atoms with Gasteiger partial charge in [-0.15, -0.1) is 0 Å². The van der Waals surface area contributed by atoms with Crippen molar-refractivity contribution in [3.8, 4) is 5.75 Å². The predicted octanol–water partition coefficient (Wildman–Crippen LogP) is 3.23. The normalized spacial score (nSPS) is 21.6. The summed E-state index contributed by atoms with van der Waals surface area (Å²) in [5.41, 5.74) is 0.997. The maximum atomic E-state index is 12.4. The molecule has 0 radical (unpaired) electrons. The number of rotatable bonds is 5. The van der Waals surface area contributed by atoms with Crippen LogP contribution in [0.4, 0.5) is 0 Å². The number of hydrogen-bond acceptors (Lipinski definition) is 3. The third-order valence-corrected chi connectivity index (χ3v) is 5.12. The highest BCUT2D eigenvalue weighted by atomic mass is 16.5. The molecule has 2 aromatic carbocycles. The maximum Gasteiger partial charge on any atom is 0.227 e. The zero-order valence-electron chi connectivity index (χ0n) is 14.3. The molecule has 1 fully saturated rings. The van der Waals surface area contributed by atoms with Gasteiger partial charge in [-0.25, -0.2) is 0 Å². The number of carbonyl (C=O) groups excluding carboxylic acids is 1.